The highest BCUT2D eigenvalue weighted by Crippen LogP contribution is 2.54. The first-order chi connectivity index (χ1) is 5.70. The minimum absolute atomic E-state index is 0.111. The largest absolute Gasteiger partial charge is 0.481 e. The maximum atomic E-state index is 10.8. The van der Waals surface area contributed by atoms with E-state index in [-0.39, 0.29) is 5.92 Å². The summed E-state index contributed by atoms with van der Waals surface area (Å²) >= 11 is 0. The van der Waals surface area contributed by atoms with Crippen molar-refractivity contribution in [2.45, 2.75) is 32.6 Å². The lowest BCUT2D eigenvalue weighted by molar-refractivity contribution is -0.143. The van der Waals surface area contributed by atoms with Crippen LogP contribution in [0.5, 0.6) is 0 Å². The molecule has 2 rings (SSSR count). The second-order valence-corrected chi connectivity index (χ2v) is 4.38. The van der Waals surface area contributed by atoms with Gasteiger partial charge in [0.1, 0.15) is 0 Å². The Morgan fingerprint density at radius 2 is 2.25 bits per heavy atom. The lowest BCUT2D eigenvalue weighted by atomic mass is 9.80. The molecule has 4 unspecified atom stereocenters. The Morgan fingerprint density at radius 1 is 1.50 bits per heavy atom. The van der Waals surface area contributed by atoms with Crippen LogP contribution in [0.2, 0.25) is 0 Å². The van der Waals surface area contributed by atoms with E-state index in [1.54, 1.807) is 0 Å². The highest BCUT2D eigenvalue weighted by Gasteiger charge is 2.47. The summed E-state index contributed by atoms with van der Waals surface area (Å²) < 4.78 is 0. The van der Waals surface area contributed by atoms with Gasteiger partial charge in [-0.15, -0.1) is 0 Å². The minimum atomic E-state index is -0.604. The zero-order valence-corrected chi connectivity index (χ0v) is 7.49. The van der Waals surface area contributed by atoms with Crippen molar-refractivity contribution in [1.82, 2.24) is 0 Å². The van der Waals surface area contributed by atoms with Gasteiger partial charge in [-0.05, 0) is 30.6 Å². The maximum Gasteiger partial charge on any atom is 0.306 e. The highest BCUT2D eigenvalue weighted by atomic mass is 16.4. The van der Waals surface area contributed by atoms with Crippen LogP contribution in [0, 0.1) is 23.7 Å². The van der Waals surface area contributed by atoms with Gasteiger partial charge in [-0.2, -0.15) is 0 Å². The maximum absolute atomic E-state index is 10.8. The van der Waals surface area contributed by atoms with E-state index in [0.29, 0.717) is 5.92 Å². The Kier molecular flexibility index (Phi) is 1.85. The quantitative estimate of drug-likeness (QED) is 0.686. The third-order valence-electron chi connectivity index (χ3n) is 3.67. The summed E-state index contributed by atoms with van der Waals surface area (Å²) in [5, 5.41) is 8.87. The first-order valence-corrected chi connectivity index (χ1v) is 4.93. The van der Waals surface area contributed by atoms with Crippen molar-refractivity contribution in [2.75, 3.05) is 0 Å². The number of rotatable bonds is 2. The van der Waals surface area contributed by atoms with Gasteiger partial charge in [0.2, 0.25) is 0 Å². The van der Waals surface area contributed by atoms with Crippen LogP contribution in [0.3, 0.4) is 0 Å². The lowest BCUT2D eigenvalue weighted by Crippen LogP contribution is -2.24. The predicted octanol–water partition coefficient (Wildman–Crippen LogP) is 2.14. The van der Waals surface area contributed by atoms with Gasteiger partial charge in [-0.1, -0.05) is 19.8 Å². The second kappa shape index (κ2) is 2.75. The molecule has 0 aromatic carbocycles. The van der Waals surface area contributed by atoms with Crippen LogP contribution in [0.15, 0.2) is 0 Å². The van der Waals surface area contributed by atoms with E-state index in [4.69, 9.17) is 5.11 Å². The monoisotopic (exact) mass is 168 g/mol. The molecule has 4 atom stereocenters. The van der Waals surface area contributed by atoms with Gasteiger partial charge in [-0.25, -0.2) is 0 Å². The molecular formula is C10H16O2. The molecule has 0 saturated heterocycles. The van der Waals surface area contributed by atoms with Gasteiger partial charge in [-0.3, -0.25) is 4.79 Å². The Bertz CT molecular complexity index is 200. The fourth-order valence-electron chi connectivity index (χ4n) is 2.76. The van der Waals surface area contributed by atoms with E-state index in [1.165, 1.54) is 19.3 Å². The molecule has 0 bridgehead atoms. The number of carboxylic acid groups (broad SMARTS) is 1. The number of fused-ring (bicyclic) bond motifs is 1. The molecule has 2 aliphatic carbocycles. The zero-order chi connectivity index (χ0) is 8.72. The Labute approximate surface area is 73.0 Å². The van der Waals surface area contributed by atoms with Crippen LogP contribution in [-0.2, 0) is 4.79 Å². The van der Waals surface area contributed by atoms with Gasteiger partial charge >= 0.3 is 5.97 Å². The van der Waals surface area contributed by atoms with Gasteiger partial charge in [0.15, 0.2) is 0 Å². The summed E-state index contributed by atoms with van der Waals surface area (Å²) in [6.07, 6.45) is 5.06. The van der Waals surface area contributed by atoms with Crippen LogP contribution in [0.25, 0.3) is 0 Å². The van der Waals surface area contributed by atoms with Gasteiger partial charge in [0, 0.05) is 0 Å². The van der Waals surface area contributed by atoms with E-state index in [1.807, 2.05) is 6.92 Å². The van der Waals surface area contributed by atoms with Crippen molar-refractivity contribution in [3.63, 3.8) is 0 Å². The standard InChI is InChI=1S/C10H16O2/c1-6(10(11)12)8-4-2-3-7-5-9(7)8/h6-9H,2-5H2,1H3,(H,11,12). The van der Waals surface area contributed by atoms with Gasteiger partial charge < -0.3 is 5.11 Å². The van der Waals surface area contributed by atoms with Crippen molar-refractivity contribution in [2.24, 2.45) is 23.7 Å². The SMILES string of the molecule is CC(C(=O)O)C1CCCC2CC21. The lowest BCUT2D eigenvalue weighted by Gasteiger charge is -2.24. The smallest absolute Gasteiger partial charge is 0.306 e. The first kappa shape index (κ1) is 8.09. The number of carboxylic acids is 1. The van der Waals surface area contributed by atoms with Gasteiger partial charge in [0.05, 0.1) is 5.92 Å². The van der Waals surface area contributed by atoms with Crippen LogP contribution >= 0.6 is 0 Å². The molecule has 12 heavy (non-hydrogen) atoms. The molecule has 2 nitrogen and oxygen atoms in total. The third-order valence-corrected chi connectivity index (χ3v) is 3.67. The first-order valence-electron chi connectivity index (χ1n) is 4.93. The Hall–Kier alpha value is -0.530. The summed E-state index contributed by atoms with van der Waals surface area (Å²) in [6, 6.07) is 0. The Morgan fingerprint density at radius 3 is 2.92 bits per heavy atom. The van der Waals surface area contributed by atoms with E-state index in [2.05, 4.69) is 0 Å². The molecule has 0 aromatic rings. The number of carbonyl (C=O) groups is 1. The molecule has 2 aliphatic rings. The molecule has 68 valence electrons. The summed E-state index contributed by atoms with van der Waals surface area (Å²) in [6.45, 7) is 1.87. The molecule has 2 saturated carbocycles. The van der Waals surface area contributed by atoms with E-state index in [9.17, 15) is 4.79 Å². The highest BCUT2D eigenvalue weighted by molar-refractivity contribution is 5.70. The molecule has 2 fully saturated rings. The molecule has 0 aliphatic heterocycles. The molecule has 0 heterocycles. The molecular weight excluding hydrogens is 152 g/mol. The number of aliphatic carboxylic acids is 1. The number of hydrogen-bond donors (Lipinski definition) is 1. The predicted molar refractivity (Wildman–Crippen MR) is 45.7 cm³/mol. The molecule has 0 spiro atoms. The normalized spacial score (nSPS) is 41.6. The molecule has 0 radical (unpaired) electrons. The van der Waals surface area contributed by atoms with Crippen molar-refractivity contribution in [3.8, 4) is 0 Å². The third kappa shape index (κ3) is 1.23. The summed E-state index contributed by atoms with van der Waals surface area (Å²) in [5.74, 6) is 1.43. The molecule has 0 amide bonds. The molecule has 2 heteroatoms. The van der Waals surface area contributed by atoms with Crippen LogP contribution in [0.4, 0.5) is 0 Å². The van der Waals surface area contributed by atoms with Crippen molar-refractivity contribution in [3.05, 3.63) is 0 Å². The fraction of sp³-hybridized carbons (Fsp3) is 0.900. The van der Waals surface area contributed by atoms with Crippen LogP contribution < -0.4 is 0 Å². The van der Waals surface area contributed by atoms with E-state index >= 15 is 0 Å². The van der Waals surface area contributed by atoms with E-state index < -0.39 is 5.97 Å². The summed E-state index contributed by atoms with van der Waals surface area (Å²) in [7, 11) is 0. The molecule has 0 aromatic heterocycles. The van der Waals surface area contributed by atoms with Crippen molar-refractivity contribution in [1.29, 1.82) is 0 Å². The Balaban J connectivity index is 1.98. The average Bonchev–Trinajstić information content (AvgIpc) is 2.80. The van der Waals surface area contributed by atoms with Gasteiger partial charge in [0.25, 0.3) is 0 Å². The fourth-order valence-corrected chi connectivity index (χ4v) is 2.76. The average molecular weight is 168 g/mol. The second-order valence-electron chi connectivity index (χ2n) is 4.38. The minimum Gasteiger partial charge on any atom is -0.481 e. The topological polar surface area (TPSA) is 37.3 Å². The van der Waals surface area contributed by atoms with Crippen molar-refractivity contribution >= 4 is 5.97 Å². The molecule has 1 N–H and O–H groups in total. The van der Waals surface area contributed by atoms with Crippen LogP contribution in [-0.4, -0.2) is 11.1 Å². The van der Waals surface area contributed by atoms with E-state index in [0.717, 1.165) is 18.3 Å². The summed E-state index contributed by atoms with van der Waals surface area (Å²) in [5.41, 5.74) is 0. The summed E-state index contributed by atoms with van der Waals surface area (Å²) in [4.78, 5) is 10.8. The number of hydrogen-bond acceptors (Lipinski definition) is 1. The van der Waals surface area contributed by atoms with Crippen LogP contribution in [0.1, 0.15) is 32.6 Å². The van der Waals surface area contributed by atoms with Crippen molar-refractivity contribution < 1.29 is 9.90 Å². The zero-order valence-electron chi connectivity index (χ0n) is 7.49.